The molecule has 1 saturated heterocycles. The summed E-state index contributed by atoms with van der Waals surface area (Å²) in [6.07, 6.45) is -0.838. The molecule has 1 heterocycles. The maximum Gasteiger partial charge on any atom is 0.264 e. The standard InChI is InChI=1S/C21H28N2O5S.ClH/c1-17-3-9-21(10-4-17)29(25,26)23(18-5-7-20(27-2)8-6-18)16-19(24)15-22-11-13-28-14-12-22;/h3-10,19,24H,11-16H2,1-2H3;1H. The van der Waals surface area contributed by atoms with Crippen molar-refractivity contribution in [1.29, 1.82) is 0 Å². The SMILES string of the molecule is COc1ccc(N(CC(O)CN2CCOCC2)S(=O)(=O)c2ccc(C)cc2)cc1.Cl. The second kappa shape index (κ2) is 11.0. The Morgan fingerprint density at radius 3 is 2.27 bits per heavy atom. The molecule has 0 spiro atoms. The second-order valence-corrected chi connectivity index (χ2v) is 8.98. The Labute approximate surface area is 184 Å². The maximum atomic E-state index is 13.4. The van der Waals surface area contributed by atoms with Crippen molar-refractivity contribution in [2.45, 2.75) is 17.9 Å². The Balaban J connectivity index is 0.00000320. The first-order chi connectivity index (χ1) is 13.9. The number of aliphatic hydroxyl groups is 1. The molecule has 0 amide bonds. The Morgan fingerprint density at radius 2 is 1.70 bits per heavy atom. The number of hydrogen-bond acceptors (Lipinski definition) is 6. The van der Waals surface area contributed by atoms with Gasteiger partial charge in [-0.05, 0) is 43.3 Å². The molecule has 1 N–H and O–H groups in total. The van der Waals surface area contributed by atoms with Gasteiger partial charge in [-0.15, -0.1) is 12.4 Å². The van der Waals surface area contributed by atoms with E-state index in [1.165, 1.54) is 4.31 Å². The van der Waals surface area contributed by atoms with E-state index in [1.807, 2.05) is 6.92 Å². The number of sulfonamides is 1. The molecule has 2 aromatic carbocycles. The van der Waals surface area contributed by atoms with Gasteiger partial charge in [0.15, 0.2) is 0 Å². The number of nitrogens with zero attached hydrogens (tertiary/aromatic N) is 2. The summed E-state index contributed by atoms with van der Waals surface area (Å²) in [6.45, 7) is 4.95. The minimum atomic E-state index is -3.84. The van der Waals surface area contributed by atoms with E-state index in [9.17, 15) is 13.5 Å². The molecule has 7 nitrogen and oxygen atoms in total. The van der Waals surface area contributed by atoms with Gasteiger partial charge in [-0.3, -0.25) is 9.21 Å². The zero-order valence-electron chi connectivity index (χ0n) is 17.2. The van der Waals surface area contributed by atoms with Crippen LogP contribution in [0.1, 0.15) is 5.56 Å². The third-order valence-electron chi connectivity index (χ3n) is 4.92. The van der Waals surface area contributed by atoms with Crippen LogP contribution in [0.2, 0.25) is 0 Å². The van der Waals surface area contributed by atoms with Gasteiger partial charge in [-0.2, -0.15) is 0 Å². The van der Waals surface area contributed by atoms with Crippen molar-refractivity contribution in [3.05, 3.63) is 54.1 Å². The first-order valence-electron chi connectivity index (χ1n) is 9.62. The molecule has 0 aliphatic carbocycles. The van der Waals surface area contributed by atoms with Gasteiger partial charge >= 0.3 is 0 Å². The van der Waals surface area contributed by atoms with Crippen LogP contribution in [0.25, 0.3) is 0 Å². The number of aliphatic hydroxyl groups excluding tert-OH is 1. The molecule has 166 valence electrons. The largest absolute Gasteiger partial charge is 0.497 e. The van der Waals surface area contributed by atoms with Gasteiger partial charge < -0.3 is 14.6 Å². The van der Waals surface area contributed by atoms with Crippen LogP contribution in [-0.2, 0) is 14.8 Å². The number of halogens is 1. The van der Waals surface area contributed by atoms with Gasteiger partial charge in [-0.1, -0.05) is 17.7 Å². The zero-order valence-corrected chi connectivity index (χ0v) is 18.9. The average Bonchev–Trinajstić information content (AvgIpc) is 2.73. The summed E-state index contributed by atoms with van der Waals surface area (Å²) in [4.78, 5) is 2.27. The highest BCUT2D eigenvalue weighted by atomic mass is 35.5. The predicted molar refractivity (Wildman–Crippen MR) is 119 cm³/mol. The van der Waals surface area contributed by atoms with Crippen molar-refractivity contribution in [3.63, 3.8) is 0 Å². The van der Waals surface area contributed by atoms with Crippen molar-refractivity contribution >= 4 is 28.1 Å². The number of β-amino-alcohol motifs (C(OH)–C–C–N with tert-alkyl or cyclic N) is 1. The Hall–Kier alpha value is -1.84. The first kappa shape index (κ1) is 24.4. The molecule has 2 aromatic rings. The fourth-order valence-electron chi connectivity index (χ4n) is 3.26. The Bertz CT molecular complexity index is 885. The number of ether oxygens (including phenoxy) is 2. The van der Waals surface area contributed by atoms with Gasteiger partial charge in [0.05, 0.1) is 43.6 Å². The molecule has 1 aliphatic heterocycles. The minimum Gasteiger partial charge on any atom is -0.497 e. The van der Waals surface area contributed by atoms with Crippen molar-refractivity contribution in [1.82, 2.24) is 4.90 Å². The average molecular weight is 457 g/mol. The minimum absolute atomic E-state index is 0. The number of rotatable bonds is 8. The van der Waals surface area contributed by atoms with E-state index in [0.29, 0.717) is 31.2 Å². The summed E-state index contributed by atoms with van der Waals surface area (Å²) in [5.74, 6) is 0.635. The first-order valence-corrected chi connectivity index (χ1v) is 11.1. The topological polar surface area (TPSA) is 79.3 Å². The number of methoxy groups -OCH3 is 1. The molecule has 30 heavy (non-hydrogen) atoms. The lowest BCUT2D eigenvalue weighted by atomic mass is 10.2. The van der Waals surface area contributed by atoms with Crippen molar-refractivity contribution in [2.75, 3.05) is 50.8 Å². The van der Waals surface area contributed by atoms with Gasteiger partial charge in [0.2, 0.25) is 0 Å². The summed E-state index contributed by atoms with van der Waals surface area (Å²) in [5, 5.41) is 10.7. The smallest absolute Gasteiger partial charge is 0.264 e. The van der Waals surface area contributed by atoms with Crippen LogP contribution in [-0.4, -0.2) is 71.0 Å². The van der Waals surface area contributed by atoms with E-state index in [0.717, 1.165) is 18.7 Å². The van der Waals surface area contributed by atoms with Gasteiger partial charge in [-0.25, -0.2) is 8.42 Å². The van der Waals surface area contributed by atoms with Crippen LogP contribution >= 0.6 is 12.4 Å². The number of morpholine rings is 1. The maximum absolute atomic E-state index is 13.4. The van der Waals surface area contributed by atoms with Crippen molar-refractivity contribution in [3.8, 4) is 5.75 Å². The molecule has 1 atom stereocenters. The summed E-state index contributed by atoms with van der Waals surface area (Å²) < 4.78 is 38.5. The molecule has 0 saturated carbocycles. The highest BCUT2D eigenvalue weighted by molar-refractivity contribution is 7.92. The van der Waals surface area contributed by atoms with E-state index in [1.54, 1.807) is 55.6 Å². The lowest BCUT2D eigenvalue weighted by Crippen LogP contribution is -2.46. The fraction of sp³-hybridized carbons (Fsp3) is 0.429. The summed E-state index contributed by atoms with van der Waals surface area (Å²) in [7, 11) is -2.28. The molecule has 3 rings (SSSR count). The van der Waals surface area contributed by atoms with Crippen LogP contribution in [0, 0.1) is 6.92 Å². The van der Waals surface area contributed by atoms with Crippen LogP contribution < -0.4 is 9.04 Å². The highest BCUT2D eigenvalue weighted by Gasteiger charge is 2.28. The van der Waals surface area contributed by atoms with Crippen molar-refractivity contribution in [2.24, 2.45) is 0 Å². The van der Waals surface area contributed by atoms with Crippen LogP contribution in [0.15, 0.2) is 53.4 Å². The number of aryl methyl sites for hydroxylation is 1. The quantitative estimate of drug-likeness (QED) is 0.656. The molecule has 9 heteroatoms. The third-order valence-corrected chi connectivity index (χ3v) is 6.73. The van der Waals surface area contributed by atoms with Crippen LogP contribution in [0.3, 0.4) is 0 Å². The Kier molecular flexibility index (Phi) is 8.93. The lowest BCUT2D eigenvalue weighted by molar-refractivity contribution is 0.0166. The summed E-state index contributed by atoms with van der Waals surface area (Å²) in [5.41, 5.74) is 1.46. The molecular formula is C21H29ClN2O5S. The van der Waals surface area contributed by atoms with Gasteiger partial charge in [0.25, 0.3) is 10.0 Å². The van der Waals surface area contributed by atoms with E-state index >= 15 is 0 Å². The molecule has 0 bridgehead atoms. The molecule has 1 unspecified atom stereocenters. The summed E-state index contributed by atoms with van der Waals surface area (Å²) >= 11 is 0. The van der Waals surface area contributed by atoms with Gasteiger partial charge in [0.1, 0.15) is 5.75 Å². The molecule has 1 fully saturated rings. The highest BCUT2D eigenvalue weighted by Crippen LogP contribution is 2.26. The number of hydrogen-bond donors (Lipinski definition) is 1. The monoisotopic (exact) mass is 456 g/mol. The zero-order chi connectivity index (χ0) is 20.9. The molecule has 0 radical (unpaired) electrons. The third kappa shape index (κ3) is 6.09. The molecule has 0 aromatic heterocycles. The molecular weight excluding hydrogens is 428 g/mol. The predicted octanol–water partition coefficient (Wildman–Crippen LogP) is 2.31. The lowest BCUT2D eigenvalue weighted by Gasteiger charge is -2.31. The van der Waals surface area contributed by atoms with E-state index < -0.39 is 16.1 Å². The summed E-state index contributed by atoms with van der Waals surface area (Å²) in [6, 6.07) is 13.5. The van der Waals surface area contributed by atoms with Crippen molar-refractivity contribution < 1.29 is 23.0 Å². The molecule has 1 aliphatic rings. The van der Waals surface area contributed by atoms with Crippen LogP contribution in [0.4, 0.5) is 5.69 Å². The number of benzene rings is 2. The Morgan fingerprint density at radius 1 is 1.10 bits per heavy atom. The number of anilines is 1. The van der Waals surface area contributed by atoms with E-state index in [4.69, 9.17) is 9.47 Å². The second-order valence-electron chi connectivity index (χ2n) is 7.11. The van der Waals surface area contributed by atoms with Gasteiger partial charge in [0, 0.05) is 19.6 Å². The van der Waals surface area contributed by atoms with E-state index in [2.05, 4.69) is 4.90 Å². The van der Waals surface area contributed by atoms with Crippen LogP contribution in [0.5, 0.6) is 5.75 Å². The normalized spacial score (nSPS) is 15.8. The van der Waals surface area contributed by atoms with E-state index in [-0.39, 0.29) is 23.8 Å². The fourth-order valence-corrected chi connectivity index (χ4v) is 4.76.